The highest BCUT2D eigenvalue weighted by Gasteiger charge is 2.10. The lowest BCUT2D eigenvalue weighted by Gasteiger charge is -2.08. The van der Waals surface area contributed by atoms with Gasteiger partial charge in [0.1, 0.15) is 11.5 Å². The van der Waals surface area contributed by atoms with Gasteiger partial charge < -0.3 is 10.3 Å². The summed E-state index contributed by atoms with van der Waals surface area (Å²) in [5.41, 5.74) is 3.44. The molecular weight excluding hydrogens is 396 g/mol. The first-order chi connectivity index (χ1) is 13.4. The van der Waals surface area contributed by atoms with Crippen LogP contribution in [0, 0.1) is 0 Å². The molecule has 3 aromatic heterocycles. The molecule has 2 N–H and O–H groups in total. The second-order valence-electron chi connectivity index (χ2n) is 6.43. The molecule has 0 saturated carbocycles. The minimum Gasteiger partial charge on any atom is -0.366 e. The third-order valence-corrected chi connectivity index (χ3v) is 5.68. The van der Waals surface area contributed by atoms with Crippen LogP contribution in [0.15, 0.2) is 65.8 Å². The average Bonchev–Trinajstić information content (AvgIpc) is 3.09. The van der Waals surface area contributed by atoms with Crippen LogP contribution in [-0.2, 0) is 16.4 Å². The number of hydrogen-bond acceptors (Lipinski definition) is 5. The summed E-state index contributed by atoms with van der Waals surface area (Å²) in [4.78, 5) is 12.4. The molecule has 142 valence electrons. The number of hydrogen-bond donors (Lipinski definition) is 2. The van der Waals surface area contributed by atoms with Crippen molar-refractivity contribution < 1.29 is 8.42 Å². The van der Waals surface area contributed by atoms with Crippen molar-refractivity contribution in [2.45, 2.75) is 11.4 Å². The minimum absolute atomic E-state index is 0.308. The fourth-order valence-electron chi connectivity index (χ4n) is 2.92. The third kappa shape index (κ3) is 3.85. The molecule has 0 atom stereocenters. The van der Waals surface area contributed by atoms with Crippen LogP contribution in [0.5, 0.6) is 0 Å². The summed E-state index contributed by atoms with van der Waals surface area (Å²) in [5.74, 6) is 0.717. The molecular formula is C20H17ClN4O2S. The quantitative estimate of drug-likeness (QED) is 0.510. The van der Waals surface area contributed by atoms with Crippen molar-refractivity contribution in [2.24, 2.45) is 0 Å². The van der Waals surface area contributed by atoms with E-state index in [1.54, 1.807) is 30.5 Å². The van der Waals surface area contributed by atoms with Gasteiger partial charge in [0.25, 0.3) is 0 Å². The van der Waals surface area contributed by atoms with E-state index in [0.717, 1.165) is 27.9 Å². The summed E-state index contributed by atoms with van der Waals surface area (Å²) in [6.07, 6.45) is 4.66. The zero-order valence-electron chi connectivity index (χ0n) is 15.0. The van der Waals surface area contributed by atoms with Gasteiger partial charge in [0.15, 0.2) is 9.84 Å². The second kappa shape index (κ2) is 7.26. The van der Waals surface area contributed by atoms with Crippen LogP contribution in [0.1, 0.15) is 5.56 Å². The number of aromatic amines is 1. The molecule has 0 unspecified atom stereocenters. The van der Waals surface area contributed by atoms with Gasteiger partial charge in [-0.15, -0.1) is 0 Å². The van der Waals surface area contributed by atoms with E-state index in [2.05, 4.69) is 20.3 Å². The maximum atomic E-state index is 11.5. The summed E-state index contributed by atoms with van der Waals surface area (Å²) >= 11 is 6.08. The molecule has 0 aliphatic rings. The van der Waals surface area contributed by atoms with Crippen LogP contribution in [0.3, 0.4) is 0 Å². The predicted molar refractivity (Wildman–Crippen MR) is 111 cm³/mol. The zero-order valence-corrected chi connectivity index (χ0v) is 16.6. The first-order valence-electron chi connectivity index (χ1n) is 8.53. The smallest absolute Gasteiger partial charge is 0.175 e. The fraction of sp³-hybridized carbons (Fsp3) is 0.100. The highest BCUT2D eigenvalue weighted by Crippen LogP contribution is 2.28. The SMILES string of the molecule is CS(=O)(=O)c1ccc(CNc2cccc(-c3c[nH]c4ncc(Cl)cc34)n2)cc1. The molecule has 3 heterocycles. The Hall–Kier alpha value is -2.90. The topological polar surface area (TPSA) is 87.7 Å². The van der Waals surface area contributed by atoms with Crippen molar-refractivity contribution in [1.82, 2.24) is 15.0 Å². The molecule has 8 heteroatoms. The standard InChI is InChI=1S/C20H17ClN4O2S/c1-28(26,27)15-7-5-13(6-8-15)10-22-19-4-2-3-18(25-19)17-12-24-20-16(17)9-14(21)11-23-20/h2-9,11-12H,10H2,1H3,(H,22,25)(H,23,24). The number of nitrogens with one attached hydrogen (secondary N) is 2. The molecule has 0 fully saturated rings. The Morgan fingerprint density at radius 3 is 2.68 bits per heavy atom. The molecule has 1 aromatic carbocycles. The molecule has 4 rings (SSSR count). The number of rotatable bonds is 5. The summed E-state index contributed by atoms with van der Waals surface area (Å²) in [6.45, 7) is 0.530. The molecule has 28 heavy (non-hydrogen) atoms. The second-order valence-corrected chi connectivity index (χ2v) is 8.88. The molecule has 0 amide bonds. The molecule has 0 spiro atoms. The molecule has 0 aliphatic carbocycles. The number of nitrogens with zero attached hydrogens (tertiary/aromatic N) is 2. The Kier molecular flexibility index (Phi) is 4.78. The van der Waals surface area contributed by atoms with Crippen LogP contribution in [0.25, 0.3) is 22.3 Å². The number of sulfone groups is 1. The van der Waals surface area contributed by atoms with Crippen molar-refractivity contribution in [3.63, 3.8) is 0 Å². The van der Waals surface area contributed by atoms with Crippen molar-refractivity contribution in [1.29, 1.82) is 0 Å². The zero-order chi connectivity index (χ0) is 19.7. The van der Waals surface area contributed by atoms with E-state index in [1.807, 2.05) is 30.5 Å². The highest BCUT2D eigenvalue weighted by atomic mass is 35.5. The lowest BCUT2D eigenvalue weighted by molar-refractivity contribution is 0.602. The minimum atomic E-state index is -3.19. The summed E-state index contributed by atoms with van der Waals surface area (Å²) in [7, 11) is -3.19. The summed E-state index contributed by atoms with van der Waals surface area (Å²) < 4.78 is 23.1. The van der Waals surface area contributed by atoms with Crippen LogP contribution in [-0.4, -0.2) is 29.6 Å². The van der Waals surface area contributed by atoms with Gasteiger partial charge in [0.2, 0.25) is 0 Å². The number of pyridine rings is 2. The Labute approximate surface area is 167 Å². The predicted octanol–water partition coefficient (Wildman–Crippen LogP) is 4.29. The number of anilines is 1. The lowest BCUT2D eigenvalue weighted by atomic mass is 10.1. The van der Waals surface area contributed by atoms with Gasteiger partial charge in [-0.1, -0.05) is 29.8 Å². The van der Waals surface area contributed by atoms with Gasteiger partial charge in [0, 0.05) is 36.1 Å². The summed E-state index contributed by atoms with van der Waals surface area (Å²) in [5, 5.41) is 4.75. The van der Waals surface area contributed by atoms with E-state index in [1.165, 1.54) is 6.26 Å². The number of halogens is 1. The molecule has 6 nitrogen and oxygen atoms in total. The normalized spacial score (nSPS) is 11.6. The lowest BCUT2D eigenvalue weighted by Crippen LogP contribution is -2.03. The monoisotopic (exact) mass is 412 g/mol. The maximum absolute atomic E-state index is 11.5. The van der Waals surface area contributed by atoms with Crippen LogP contribution < -0.4 is 5.32 Å². The first-order valence-corrected chi connectivity index (χ1v) is 10.8. The number of fused-ring (bicyclic) bond motifs is 1. The molecule has 0 radical (unpaired) electrons. The molecule has 0 aliphatic heterocycles. The van der Waals surface area contributed by atoms with Gasteiger partial charge >= 0.3 is 0 Å². The van der Waals surface area contributed by atoms with Crippen LogP contribution in [0.2, 0.25) is 5.02 Å². The van der Waals surface area contributed by atoms with Crippen molar-refractivity contribution in [2.75, 3.05) is 11.6 Å². The average molecular weight is 413 g/mol. The van der Waals surface area contributed by atoms with Crippen molar-refractivity contribution >= 4 is 38.3 Å². The Balaban J connectivity index is 1.55. The first kappa shape index (κ1) is 18.5. The molecule has 4 aromatic rings. The van der Waals surface area contributed by atoms with E-state index in [0.29, 0.717) is 22.3 Å². The van der Waals surface area contributed by atoms with Crippen molar-refractivity contribution in [3.8, 4) is 11.3 Å². The number of benzene rings is 1. The third-order valence-electron chi connectivity index (χ3n) is 4.35. The number of aromatic nitrogens is 3. The van der Waals surface area contributed by atoms with E-state index < -0.39 is 9.84 Å². The van der Waals surface area contributed by atoms with Gasteiger partial charge in [-0.2, -0.15) is 0 Å². The van der Waals surface area contributed by atoms with Gasteiger partial charge in [-0.25, -0.2) is 18.4 Å². The largest absolute Gasteiger partial charge is 0.366 e. The van der Waals surface area contributed by atoms with Crippen LogP contribution in [0.4, 0.5) is 5.82 Å². The maximum Gasteiger partial charge on any atom is 0.175 e. The van der Waals surface area contributed by atoms with E-state index in [-0.39, 0.29) is 0 Å². The van der Waals surface area contributed by atoms with E-state index >= 15 is 0 Å². The Morgan fingerprint density at radius 2 is 1.93 bits per heavy atom. The Bertz CT molecular complexity index is 1250. The number of H-pyrrole nitrogens is 1. The van der Waals surface area contributed by atoms with Crippen LogP contribution >= 0.6 is 11.6 Å². The summed E-state index contributed by atoms with van der Waals surface area (Å²) in [6, 6.07) is 14.4. The highest BCUT2D eigenvalue weighted by molar-refractivity contribution is 7.90. The fourth-order valence-corrected chi connectivity index (χ4v) is 3.71. The molecule has 0 saturated heterocycles. The van der Waals surface area contributed by atoms with Gasteiger partial charge in [-0.3, -0.25) is 0 Å². The van der Waals surface area contributed by atoms with E-state index in [9.17, 15) is 8.42 Å². The van der Waals surface area contributed by atoms with E-state index in [4.69, 9.17) is 11.6 Å². The van der Waals surface area contributed by atoms with Gasteiger partial charge in [-0.05, 0) is 35.9 Å². The molecule has 0 bridgehead atoms. The van der Waals surface area contributed by atoms with Crippen molar-refractivity contribution in [3.05, 3.63) is 71.5 Å². The van der Waals surface area contributed by atoms with Gasteiger partial charge in [0.05, 0.1) is 15.6 Å². The Morgan fingerprint density at radius 1 is 1.14 bits per heavy atom.